The Bertz CT molecular complexity index is 1270. The molecule has 0 spiro atoms. The number of aromatic amines is 1. The normalized spacial score (nSPS) is 25.0. The Kier molecular flexibility index (Phi) is 5.10. The molecule has 3 atom stereocenters. The van der Waals surface area contributed by atoms with Gasteiger partial charge in [0, 0.05) is 40.5 Å². The number of benzene rings is 2. The van der Waals surface area contributed by atoms with Crippen LogP contribution in [-0.2, 0) is 14.6 Å². The molecule has 1 amide bonds. The van der Waals surface area contributed by atoms with E-state index in [2.05, 4.69) is 17.1 Å². The first kappa shape index (κ1) is 20.6. The summed E-state index contributed by atoms with van der Waals surface area (Å²) in [6.45, 7) is 2.57. The van der Waals surface area contributed by atoms with E-state index in [1.54, 1.807) is 0 Å². The summed E-state index contributed by atoms with van der Waals surface area (Å²) < 4.78 is 23.7. The molecule has 0 radical (unpaired) electrons. The number of nitrogens with one attached hydrogen (secondary N) is 1. The van der Waals surface area contributed by atoms with E-state index in [-0.39, 0.29) is 41.7 Å². The molecule has 1 N–H and O–H groups in total. The zero-order chi connectivity index (χ0) is 21.8. The van der Waals surface area contributed by atoms with Crippen molar-refractivity contribution in [1.82, 2.24) is 9.88 Å². The van der Waals surface area contributed by atoms with E-state index in [9.17, 15) is 13.2 Å². The first-order valence-electron chi connectivity index (χ1n) is 10.7. The number of hydrogen-bond donors (Lipinski definition) is 1. The minimum Gasteiger partial charge on any atom is -0.356 e. The number of carbonyl (C=O) groups is 1. The summed E-state index contributed by atoms with van der Waals surface area (Å²) in [6, 6.07) is 15.9. The van der Waals surface area contributed by atoms with Crippen LogP contribution >= 0.6 is 11.6 Å². The molecule has 3 aromatic rings. The average molecular weight is 457 g/mol. The zero-order valence-electron chi connectivity index (χ0n) is 17.3. The second-order valence-corrected chi connectivity index (χ2v) is 11.4. The number of carbonyl (C=O) groups excluding carboxylic acids is 1. The maximum atomic E-state index is 13.3. The minimum absolute atomic E-state index is 0.0101. The summed E-state index contributed by atoms with van der Waals surface area (Å²) in [6.07, 6.45) is 0.843. The van der Waals surface area contributed by atoms with Crippen molar-refractivity contribution in [3.63, 3.8) is 0 Å². The Hall–Kier alpha value is -2.31. The molecule has 31 heavy (non-hydrogen) atoms. The fraction of sp³-hybridized carbons (Fsp3) is 0.375. The lowest BCUT2D eigenvalue weighted by Gasteiger charge is -2.39. The molecule has 5 rings (SSSR count). The summed E-state index contributed by atoms with van der Waals surface area (Å²) in [4.78, 5) is 18.8. The fourth-order valence-electron chi connectivity index (χ4n) is 5.22. The van der Waals surface area contributed by atoms with Crippen LogP contribution in [0.15, 0.2) is 48.5 Å². The average Bonchev–Trinajstić information content (AvgIpc) is 3.29. The third-order valence-electron chi connectivity index (χ3n) is 6.78. The number of halogens is 1. The van der Waals surface area contributed by atoms with Gasteiger partial charge in [0.05, 0.1) is 17.5 Å². The maximum Gasteiger partial charge on any atom is 0.223 e. The van der Waals surface area contributed by atoms with E-state index in [1.165, 1.54) is 5.56 Å². The summed E-state index contributed by atoms with van der Waals surface area (Å²) in [5.41, 5.74) is 4.28. The maximum absolute atomic E-state index is 13.3. The topological polar surface area (TPSA) is 70.2 Å². The Morgan fingerprint density at radius 3 is 2.65 bits per heavy atom. The Morgan fingerprint density at radius 1 is 1.16 bits per heavy atom. The molecule has 0 bridgehead atoms. The van der Waals surface area contributed by atoms with E-state index in [4.69, 9.17) is 11.6 Å². The number of sulfone groups is 1. The minimum atomic E-state index is -3.01. The zero-order valence-corrected chi connectivity index (χ0v) is 18.9. The second-order valence-electron chi connectivity index (χ2n) is 8.77. The van der Waals surface area contributed by atoms with E-state index in [1.807, 2.05) is 48.2 Å². The number of aromatic nitrogens is 1. The monoisotopic (exact) mass is 456 g/mol. The van der Waals surface area contributed by atoms with Gasteiger partial charge < -0.3 is 9.88 Å². The number of H-pyrrole nitrogens is 1. The van der Waals surface area contributed by atoms with Crippen molar-refractivity contribution < 1.29 is 13.2 Å². The third-order valence-corrected chi connectivity index (χ3v) is 8.96. The highest BCUT2D eigenvalue weighted by Crippen LogP contribution is 2.45. The van der Waals surface area contributed by atoms with Crippen LogP contribution < -0.4 is 0 Å². The van der Waals surface area contributed by atoms with Gasteiger partial charge in [0.2, 0.25) is 5.91 Å². The van der Waals surface area contributed by atoms with Crippen molar-refractivity contribution in [3.05, 3.63) is 70.4 Å². The molecular formula is C24H25ClN2O3S. The number of para-hydroxylation sites is 1. The molecule has 3 heterocycles. The lowest BCUT2D eigenvalue weighted by molar-refractivity contribution is -0.135. The van der Waals surface area contributed by atoms with Gasteiger partial charge in [-0.2, -0.15) is 0 Å². The highest BCUT2D eigenvalue weighted by atomic mass is 35.5. The van der Waals surface area contributed by atoms with Crippen LogP contribution in [0.3, 0.4) is 0 Å². The molecule has 1 fully saturated rings. The molecule has 5 nitrogen and oxygen atoms in total. The van der Waals surface area contributed by atoms with Crippen LogP contribution in [0.25, 0.3) is 10.9 Å². The van der Waals surface area contributed by atoms with E-state index < -0.39 is 9.84 Å². The summed E-state index contributed by atoms with van der Waals surface area (Å²) >= 11 is 6.59. The molecule has 1 saturated heterocycles. The van der Waals surface area contributed by atoms with Gasteiger partial charge in [0.25, 0.3) is 0 Å². The molecule has 1 aromatic heterocycles. The van der Waals surface area contributed by atoms with Crippen molar-refractivity contribution >= 4 is 38.2 Å². The Labute approximate surface area is 187 Å². The van der Waals surface area contributed by atoms with Gasteiger partial charge in [-0.1, -0.05) is 48.0 Å². The largest absolute Gasteiger partial charge is 0.356 e. The molecule has 0 aliphatic carbocycles. The van der Waals surface area contributed by atoms with Crippen LogP contribution in [0, 0.1) is 5.92 Å². The Morgan fingerprint density at radius 2 is 1.90 bits per heavy atom. The lowest BCUT2D eigenvalue weighted by Crippen LogP contribution is -2.42. The van der Waals surface area contributed by atoms with Crippen molar-refractivity contribution in [2.75, 3.05) is 18.1 Å². The second kappa shape index (κ2) is 7.68. The van der Waals surface area contributed by atoms with Crippen molar-refractivity contribution in [3.8, 4) is 0 Å². The fourth-order valence-corrected chi connectivity index (χ4v) is 7.35. The van der Waals surface area contributed by atoms with Crippen molar-refractivity contribution in [2.24, 2.45) is 5.92 Å². The van der Waals surface area contributed by atoms with E-state index >= 15 is 0 Å². The highest BCUT2D eigenvalue weighted by Gasteiger charge is 2.39. The number of fused-ring (bicyclic) bond motifs is 3. The number of nitrogens with zero attached hydrogens (tertiary/aromatic N) is 1. The predicted octanol–water partition coefficient (Wildman–Crippen LogP) is 4.68. The van der Waals surface area contributed by atoms with Gasteiger partial charge in [-0.25, -0.2) is 8.42 Å². The van der Waals surface area contributed by atoms with Gasteiger partial charge in [0.15, 0.2) is 9.84 Å². The predicted molar refractivity (Wildman–Crippen MR) is 123 cm³/mol. The number of amides is 1. The summed E-state index contributed by atoms with van der Waals surface area (Å²) in [5, 5.41) is 1.84. The van der Waals surface area contributed by atoms with Gasteiger partial charge in [-0.05, 0) is 42.5 Å². The lowest BCUT2D eigenvalue weighted by atomic mass is 9.83. The number of rotatable bonds is 3. The number of hydrogen-bond acceptors (Lipinski definition) is 3. The van der Waals surface area contributed by atoms with Gasteiger partial charge in [0.1, 0.15) is 0 Å². The highest BCUT2D eigenvalue weighted by molar-refractivity contribution is 7.91. The molecule has 3 unspecified atom stereocenters. The quantitative estimate of drug-likeness (QED) is 0.622. The SMILES string of the molecule is CC1c2[nH]c3ccccc3c2C(c2ccccc2Cl)CN1C(=O)CC1CCS(=O)(=O)C1. The van der Waals surface area contributed by atoms with Crippen LogP contribution in [0.1, 0.15) is 48.5 Å². The molecule has 2 aliphatic rings. The first-order chi connectivity index (χ1) is 14.8. The molecule has 162 valence electrons. The molecule has 2 aliphatic heterocycles. The molecule has 2 aromatic carbocycles. The van der Waals surface area contributed by atoms with Gasteiger partial charge in [-0.3, -0.25) is 4.79 Å². The van der Waals surface area contributed by atoms with E-state index in [0.29, 0.717) is 18.0 Å². The van der Waals surface area contributed by atoms with Crippen molar-refractivity contribution in [2.45, 2.75) is 31.7 Å². The van der Waals surface area contributed by atoms with Crippen LogP contribution in [0.2, 0.25) is 5.02 Å². The molecular weight excluding hydrogens is 432 g/mol. The van der Waals surface area contributed by atoms with Crippen LogP contribution in [0.4, 0.5) is 0 Å². The van der Waals surface area contributed by atoms with Crippen LogP contribution in [-0.4, -0.2) is 42.3 Å². The Balaban J connectivity index is 1.55. The van der Waals surface area contributed by atoms with Crippen molar-refractivity contribution in [1.29, 1.82) is 0 Å². The third kappa shape index (κ3) is 3.66. The van der Waals surface area contributed by atoms with E-state index in [0.717, 1.165) is 22.2 Å². The first-order valence-corrected chi connectivity index (χ1v) is 12.9. The van der Waals surface area contributed by atoms with Crippen LogP contribution in [0.5, 0.6) is 0 Å². The summed E-state index contributed by atoms with van der Waals surface area (Å²) in [7, 11) is -3.01. The standard InChI is InChI=1S/C24H25ClN2O3S/c1-15-24-23(18-7-3-5-9-21(18)26-24)19(17-6-2-4-8-20(17)25)13-27(15)22(28)12-16-10-11-31(29,30)14-16/h2-9,15-16,19,26H,10-14H2,1H3. The molecule has 7 heteroatoms. The van der Waals surface area contributed by atoms with Gasteiger partial charge >= 0.3 is 0 Å². The molecule has 0 saturated carbocycles. The smallest absolute Gasteiger partial charge is 0.223 e. The van der Waals surface area contributed by atoms with Gasteiger partial charge in [-0.15, -0.1) is 0 Å². The summed E-state index contributed by atoms with van der Waals surface area (Å²) in [5.74, 6) is 0.178.